The molecule has 2 aliphatic rings. The van der Waals surface area contributed by atoms with Crippen LogP contribution < -0.4 is 4.74 Å². The number of nitrogens with zero attached hydrogens (tertiary/aromatic N) is 2. The Bertz CT molecular complexity index is 968. The quantitative estimate of drug-likeness (QED) is 0.563. The van der Waals surface area contributed by atoms with Crippen LogP contribution in [0.25, 0.3) is 0 Å². The molecule has 0 unspecified atom stereocenters. The Kier molecular flexibility index (Phi) is 7.58. The van der Waals surface area contributed by atoms with Crippen LogP contribution >= 0.6 is 0 Å². The minimum Gasteiger partial charge on any atom is -0.491 e. The first-order chi connectivity index (χ1) is 16.2. The third-order valence-corrected chi connectivity index (χ3v) is 6.74. The molecule has 1 amide bonds. The molecular weight excluding hydrogens is 428 g/mol. The predicted octanol–water partition coefficient (Wildman–Crippen LogP) is 5.50. The van der Waals surface area contributed by atoms with Crippen molar-refractivity contribution in [3.05, 3.63) is 59.4 Å². The molecule has 34 heavy (non-hydrogen) atoms. The highest BCUT2D eigenvalue weighted by Gasteiger charge is 2.45. The largest absolute Gasteiger partial charge is 0.491 e. The number of pyridine rings is 1. The fourth-order valence-electron chi connectivity index (χ4n) is 5.18. The summed E-state index contributed by atoms with van der Waals surface area (Å²) in [7, 11) is 0. The molecule has 2 aromatic rings. The number of carbonyl (C=O) groups excluding carboxylic acids is 1. The van der Waals surface area contributed by atoms with E-state index < -0.39 is 0 Å². The van der Waals surface area contributed by atoms with Gasteiger partial charge < -0.3 is 19.1 Å². The number of aryl methyl sites for hydroxylation is 1. The molecule has 6 heteroatoms. The normalized spacial score (nSPS) is 22.4. The molecule has 0 radical (unpaired) electrons. The van der Waals surface area contributed by atoms with Crippen molar-refractivity contribution in [1.82, 2.24) is 9.88 Å². The Morgan fingerprint density at radius 3 is 2.53 bits per heavy atom. The van der Waals surface area contributed by atoms with Gasteiger partial charge in [-0.3, -0.25) is 9.78 Å². The zero-order valence-corrected chi connectivity index (χ0v) is 21.1. The highest BCUT2D eigenvalue weighted by Crippen LogP contribution is 2.44. The monoisotopic (exact) mass is 466 g/mol. The average Bonchev–Trinajstić information content (AvgIpc) is 2.80. The van der Waals surface area contributed by atoms with Gasteiger partial charge in [0.25, 0.3) is 5.91 Å². The van der Waals surface area contributed by atoms with E-state index in [1.807, 2.05) is 56.1 Å². The van der Waals surface area contributed by atoms with Crippen LogP contribution in [0.2, 0.25) is 0 Å². The molecule has 0 aliphatic carbocycles. The summed E-state index contributed by atoms with van der Waals surface area (Å²) in [6, 6.07) is 9.76. The molecule has 1 spiro atoms. The van der Waals surface area contributed by atoms with Crippen LogP contribution in [-0.2, 0) is 9.47 Å². The van der Waals surface area contributed by atoms with Gasteiger partial charge in [0.15, 0.2) is 0 Å². The average molecular weight is 467 g/mol. The first kappa shape index (κ1) is 24.7. The van der Waals surface area contributed by atoms with E-state index >= 15 is 0 Å². The van der Waals surface area contributed by atoms with Crippen LogP contribution in [0.4, 0.5) is 0 Å². The lowest BCUT2D eigenvalue weighted by Gasteiger charge is -2.49. The predicted molar refractivity (Wildman–Crippen MR) is 132 cm³/mol. The van der Waals surface area contributed by atoms with Crippen LogP contribution in [-0.4, -0.2) is 52.8 Å². The molecule has 184 valence electrons. The van der Waals surface area contributed by atoms with Crippen molar-refractivity contribution in [3.63, 3.8) is 0 Å². The zero-order chi connectivity index (χ0) is 24.3. The summed E-state index contributed by atoms with van der Waals surface area (Å²) in [5, 5.41) is 0. The fourth-order valence-corrected chi connectivity index (χ4v) is 5.18. The molecular formula is C28H38N2O4. The Hall–Kier alpha value is -2.44. The smallest absolute Gasteiger partial charge is 0.253 e. The third kappa shape index (κ3) is 5.78. The zero-order valence-electron chi connectivity index (χ0n) is 21.1. The van der Waals surface area contributed by atoms with Crippen molar-refractivity contribution < 1.29 is 19.0 Å². The van der Waals surface area contributed by atoms with Crippen LogP contribution in [0.5, 0.6) is 5.75 Å². The van der Waals surface area contributed by atoms with Gasteiger partial charge in [0.05, 0.1) is 30.0 Å². The molecule has 2 fully saturated rings. The molecule has 6 nitrogen and oxygen atoms in total. The minimum absolute atomic E-state index is 0.0374. The van der Waals surface area contributed by atoms with E-state index in [0.717, 1.165) is 42.6 Å². The van der Waals surface area contributed by atoms with Crippen LogP contribution in [0.1, 0.15) is 81.0 Å². The summed E-state index contributed by atoms with van der Waals surface area (Å²) in [5.41, 5.74) is 2.51. The Morgan fingerprint density at radius 1 is 1.15 bits per heavy atom. The molecule has 1 aromatic heterocycles. The van der Waals surface area contributed by atoms with E-state index in [-0.39, 0.29) is 35.9 Å². The van der Waals surface area contributed by atoms with Gasteiger partial charge in [0, 0.05) is 43.9 Å². The van der Waals surface area contributed by atoms with E-state index in [1.54, 1.807) is 6.20 Å². The summed E-state index contributed by atoms with van der Waals surface area (Å²) in [5.74, 6) is 0.904. The lowest BCUT2D eigenvalue weighted by atomic mass is 9.80. The minimum atomic E-state index is -0.278. The van der Waals surface area contributed by atoms with Gasteiger partial charge >= 0.3 is 0 Å². The van der Waals surface area contributed by atoms with Crippen molar-refractivity contribution in [2.75, 3.05) is 13.1 Å². The molecule has 2 atom stereocenters. The van der Waals surface area contributed by atoms with Gasteiger partial charge in [-0.05, 0) is 82.9 Å². The molecule has 2 saturated heterocycles. The van der Waals surface area contributed by atoms with Crippen molar-refractivity contribution in [3.8, 4) is 5.75 Å². The van der Waals surface area contributed by atoms with Gasteiger partial charge in [0.1, 0.15) is 5.75 Å². The van der Waals surface area contributed by atoms with E-state index in [4.69, 9.17) is 14.2 Å². The van der Waals surface area contributed by atoms with Gasteiger partial charge in [-0.25, -0.2) is 0 Å². The molecule has 0 N–H and O–H groups in total. The van der Waals surface area contributed by atoms with Crippen molar-refractivity contribution in [1.29, 1.82) is 0 Å². The first-order valence-electron chi connectivity index (χ1n) is 12.5. The summed E-state index contributed by atoms with van der Waals surface area (Å²) >= 11 is 0. The Labute approximate surface area is 203 Å². The van der Waals surface area contributed by atoms with Gasteiger partial charge in [-0.15, -0.1) is 0 Å². The summed E-state index contributed by atoms with van der Waals surface area (Å²) in [6.45, 7) is 11.5. The standard InChI is InChI=1S/C28H38N2O4/c1-19(2)32-24-16-26(23-7-6-12-29-18-23)34-28(17-24)10-13-30(14-11-28)27(31)22-8-9-25(21(5)15-22)33-20(3)4/h6-9,12,15,18-20,24,26H,10-11,13-14,16-17H2,1-5H3/t24-,26-/m0/s1. The molecule has 0 saturated carbocycles. The number of hydrogen-bond donors (Lipinski definition) is 0. The maximum atomic E-state index is 13.3. The number of likely N-dealkylation sites (tertiary alicyclic amines) is 1. The lowest BCUT2D eigenvalue weighted by Crippen LogP contribution is -2.52. The molecule has 2 aliphatic heterocycles. The number of aromatic nitrogens is 1. The van der Waals surface area contributed by atoms with Gasteiger partial charge in [-0.1, -0.05) is 6.07 Å². The van der Waals surface area contributed by atoms with E-state index in [2.05, 4.69) is 24.9 Å². The van der Waals surface area contributed by atoms with E-state index in [1.165, 1.54) is 0 Å². The topological polar surface area (TPSA) is 60.9 Å². The molecule has 4 rings (SSSR count). The highest BCUT2D eigenvalue weighted by atomic mass is 16.5. The number of rotatable bonds is 6. The summed E-state index contributed by atoms with van der Waals surface area (Å²) < 4.78 is 18.8. The van der Waals surface area contributed by atoms with Crippen molar-refractivity contribution in [2.45, 2.75) is 90.3 Å². The number of ether oxygens (including phenoxy) is 3. The van der Waals surface area contributed by atoms with Crippen molar-refractivity contribution >= 4 is 5.91 Å². The Morgan fingerprint density at radius 2 is 1.91 bits per heavy atom. The molecule has 3 heterocycles. The number of piperidine rings is 1. The summed E-state index contributed by atoms with van der Waals surface area (Å²) in [6.07, 6.45) is 7.36. The van der Waals surface area contributed by atoms with Gasteiger partial charge in [-0.2, -0.15) is 0 Å². The maximum Gasteiger partial charge on any atom is 0.253 e. The first-order valence-corrected chi connectivity index (χ1v) is 12.5. The number of hydrogen-bond acceptors (Lipinski definition) is 5. The number of carbonyl (C=O) groups is 1. The lowest BCUT2D eigenvalue weighted by molar-refractivity contribution is -0.197. The second-order valence-corrected chi connectivity index (χ2v) is 10.3. The highest BCUT2D eigenvalue weighted by molar-refractivity contribution is 5.94. The second kappa shape index (κ2) is 10.4. The Balaban J connectivity index is 1.45. The van der Waals surface area contributed by atoms with Crippen LogP contribution in [0.15, 0.2) is 42.7 Å². The van der Waals surface area contributed by atoms with Crippen molar-refractivity contribution in [2.24, 2.45) is 0 Å². The SMILES string of the molecule is Cc1cc(C(=O)N2CCC3(CC2)C[C@@H](OC(C)C)C[C@@H](c2cccnc2)O3)ccc1OC(C)C. The van der Waals surface area contributed by atoms with E-state index in [0.29, 0.717) is 18.7 Å². The van der Waals surface area contributed by atoms with Crippen LogP contribution in [0, 0.1) is 6.92 Å². The third-order valence-electron chi connectivity index (χ3n) is 6.74. The fraction of sp³-hybridized carbons (Fsp3) is 0.571. The number of amides is 1. The second-order valence-electron chi connectivity index (χ2n) is 10.3. The van der Waals surface area contributed by atoms with E-state index in [9.17, 15) is 4.79 Å². The van der Waals surface area contributed by atoms with Gasteiger partial charge in [0.2, 0.25) is 0 Å². The molecule has 1 aromatic carbocycles. The summed E-state index contributed by atoms with van der Waals surface area (Å²) in [4.78, 5) is 19.5. The number of benzene rings is 1. The van der Waals surface area contributed by atoms with Crippen LogP contribution in [0.3, 0.4) is 0 Å². The molecule has 0 bridgehead atoms. The maximum absolute atomic E-state index is 13.3.